The lowest BCUT2D eigenvalue weighted by Gasteiger charge is -2.25. The summed E-state index contributed by atoms with van der Waals surface area (Å²) in [6.07, 6.45) is 18.4. The lowest BCUT2D eigenvalue weighted by Crippen LogP contribution is -2.25. The lowest BCUT2D eigenvalue weighted by molar-refractivity contribution is 0.512. The van der Waals surface area contributed by atoms with Gasteiger partial charge >= 0.3 is 0 Å². The average molecular weight is 412 g/mol. The van der Waals surface area contributed by atoms with Crippen molar-refractivity contribution in [2.45, 2.75) is 113 Å². The van der Waals surface area contributed by atoms with Gasteiger partial charge in [-0.2, -0.15) is 0 Å². The standard InChI is InChI=1S/C18H36Br2/c1-4-5-6-7-8-9-10-11-12-13-14-15-16-18(3,20)17(2)19/h17H,4-16H2,1-3H3. The molecule has 0 aliphatic heterocycles. The third-order valence-electron chi connectivity index (χ3n) is 4.35. The normalized spacial score (nSPS) is 16.1. The van der Waals surface area contributed by atoms with Crippen LogP contribution in [0.3, 0.4) is 0 Å². The van der Waals surface area contributed by atoms with Crippen LogP contribution in [0.5, 0.6) is 0 Å². The van der Waals surface area contributed by atoms with Crippen LogP contribution in [0.25, 0.3) is 0 Å². The second-order valence-electron chi connectivity index (χ2n) is 6.53. The van der Waals surface area contributed by atoms with Crippen molar-refractivity contribution < 1.29 is 0 Å². The maximum absolute atomic E-state index is 3.83. The highest BCUT2D eigenvalue weighted by Crippen LogP contribution is 2.32. The van der Waals surface area contributed by atoms with Crippen LogP contribution in [0, 0.1) is 0 Å². The Morgan fingerprint density at radius 2 is 1.10 bits per heavy atom. The molecule has 2 heteroatoms. The smallest absolute Gasteiger partial charge is 0.0352 e. The molecule has 0 nitrogen and oxygen atoms in total. The number of alkyl halides is 2. The van der Waals surface area contributed by atoms with Crippen LogP contribution in [0.2, 0.25) is 0 Å². The molecule has 0 heterocycles. The molecule has 0 fully saturated rings. The maximum atomic E-state index is 3.83. The van der Waals surface area contributed by atoms with E-state index >= 15 is 0 Å². The largest absolute Gasteiger partial charge is 0.0879 e. The SMILES string of the molecule is CCCCCCCCCCCCCCC(C)(Br)C(C)Br. The summed E-state index contributed by atoms with van der Waals surface area (Å²) in [5.74, 6) is 0. The molecular formula is C18H36Br2. The third-order valence-corrected chi connectivity index (χ3v) is 7.06. The van der Waals surface area contributed by atoms with Crippen LogP contribution in [0.1, 0.15) is 104 Å². The number of rotatable bonds is 14. The van der Waals surface area contributed by atoms with E-state index in [1.54, 1.807) is 0 Å². The van der Waals surface area contributed by atoms with Crippen molar-refractivity contribution in [2.24, 2.45) is 0 Å². The molecule has 0 N–H and O–H groups in total. The zero-order chi connectivity index (χ0) is 15.3. The molecule has 20 heavy (non-hydrogen) atoms. The number of hydrogen-bond acceptors (Lipinski definition) is 0. The molecule has 0 spiro atoms. The fourth-order valence-electron chi connectivity index (χ4n) is 2.51. The molecule has 0 radical (unpaired) electrons. The molecule has 0 aromatic heterocycles. The third kappa shape index (κ3) is 12.7. The summed E-state index contributed by atoms with van der Waals surface area (Å²) in [6.45, 7) is 6.82. The molecule has 0 saturated heterocycles. The molecular weight excluding hydrogens is 376 g/mol. The Morgan fingerprint density at radius 1 is 0.750 bits per heavy atom. The summed E-state index contributed by atoms with van der Waals surface area (Å²) < 4.78 is 0.269. The molecule has 0 rings (SSSR count). The Bertz CT molecular complexity index is 200. The van der Waals surface area contributed by atoms with E-state index < -0.39 is 0 Å². The zero-order valence-electron chi connectivity index (χ0n) is 14.0. The number of halogens is 2. The fourth-order valence-corrected chi connectivity index (χ4v) is 3.02. The lowest BCUT2D eigenvalue weighted by atomic mass is 9.99. The van der Waals surface area contributed by atoms with Gasteiger partial charge in [-0.25, -0.2) is 0 Å². The van der Waals surface area contributed by atoms with Crippen LogP contribution in [-0.4, -0.2) is 9.15 Å². The van der Waals surface area contributed by atoms with Crippen LogP contribution < -0.4 is 0 Å². The van der Waals surface area contributed by atoms with Crippen molar-refractivity contribution in [1.29, 1.82) is 0 Å². The summed E-state index contributed by atoms with van der Waals surface area (Å²) in [6, 6.07) is 0. The van der Waals surface area contributed by atoms with Gasteiger partial charge in [0.1, 0.15) is 0 Å². The van der Waals surface area contributed by atoms with Gasteiger partial charge in [0.05, 0.1) is 0 Å². The average Bonchev–Trinajstić information content (AvgIpc) is 2.39. The van der Waals surface area contributed by atoms with Gasteiger partial charge in [0, 0.05) is 9.15 Å². The van der Waals surface area contributed by atoms with E-state index in [0.717, 1.165) is 0 Å². The van der Waals surface area contributed by atoms with Gasteiger partial charge in [0.2, 0.25) is 0 Å². The molecule has 0 amide bonds. The minimum absolute atomic E-state index is 0.269. The summed E-state index contributed by atoms with van der Waals surface area (Å²) in [5, 5.41) is 0. The molecule has 0 aromatic carbocycles. The highest BCUT2D eigenvalue weighted by atomic mass is 79.9. The molecule has 2 unspecified atom stereocenters. The van der Waals surface area contributed by atoms with Crippen molar-refractivity contribution in [1.82, 2.24) is 0 Å². The molecule has 122 valence electrons. The predicted octanol–water partition coefficient (Wildman–Crippen LogP) is 8.01. The Hall–Kier alpha value is 0.960. The monoisotopic (exact) mass is 410 g/mol. The fraction of sp³-hybridized carbons (Fsp3) is 1.00. The first-order valence-electron chi connectivity index (χ1n) is 8.83. The topological polar surface area (TPSA) is 0 Å². The van der Waals surface area contributed by atoms with Gasteiger partial charge in [-0.15, -0.1) is 0 Å². The van der Waals surface area contributed by atoms with Crippen LogP contribution in [0.15, 0.2) is 0 Å². The first-order chi connectivity index (χ1) is 9.50. The van der Waals surface area contributed by atoms with E-state index in [1.165, 1.54) is 83.5 Å². The maximum Gasteiger partial charge on any atom is 0.0352 e. The second kappa shape index (κ2) is 13.6. The van der Waals surface area contributed by atoms with Crippen molar-refractivity contribution in [3.05, 3.63) is 0 Å². The summed E-state index contributed by atoms with van der Waals surface area (Å²) in [4.78, 5) is 0.544. The van der Waals surface area contributed by atoms with E-state index in [9.17, 15) is 0 Å². The highest BCUT2D eigenvalue weighted by Gasteiger charge is 2.24. The Labute approximate surface area is 145 Å². The second-order valence-corrected chi connectivity index (χ2v) is 9.72. The van der Waals surface area contributed by atoms with Crippen LogP contribution in [0.4, 0.5) is 0 Å². The van der Waals surface area contributed by atoms with Gasteiger partial charge in [0.25, 0.3) is 0 Å². The predicted molar refractivity (Wildman–Crippen MR) is 101 cm³/mol. The minimum Gasteiger partial charge on any atom is -0.0879 e. The zero-order valence-corrected chi connectivity index (χ0v) is 17.2. The quantitative estimate of drug-likeness (QED) is 0.200. The van der Waals surface area contributed by atoms with Crippen molar-refractivity contribution in [3.63, 3.8) is 0 Å². The van der Waals surface area contributed by atoms with Crippen molar-refractivity contribution in [3.8, 4) is 0 Å². The summed E-state index contributed by atoms with van der Waals surface area (Å²) in [5.41, 5.74) is 0. The van der Waals surface area contributed by atoms with Gasteiger partial charge in [-0.1, -0.05) is 123 Å². The van der Waals surface area contributed by atoms with Crippen LogP contribution >= 0.6 is 31.9 Å². The number of hydrogen-bond donors (Lipinski definition) is 0. The molecule has 0 saturated carbocycles. The molecule has 0 aliphatic carbocycles. The van der Waals surface area contributed by atoms with E-state index in [1.807, 2.05) is 0 Å². The van der Waals surface area contributed by atoms with Gasteiger partial charge in [-0.3, -0.25) is 0 Å². The van der Waals surface area contributed by atoms with Gasteiger partial charge in [-0.05, 0) is 13.3 Å². The van der Waals surface area contributed by atoms with Crippen molar-refractivity contribution in [2.75, 3.05) is 0 Å². The molecule has 2 atom stereocenters. The van der Waals surface area contributed by atoms with Gasteiger partial charge < -0.3 is 0 Å². The summed E-state index contributed by atoms with van der Waals surface area (Å²) >= 11 is 7.51. The molecule has 0 aliphatic rings. The minimum atomic E-state index is 0.269. The van der Waals surface area contributed by atoms with Gasteiger partial charge in [0.15, 0.2) is 0 Å². The highest BCUT2D eigenvalue weighted by molar-refractivity contribution is 9.12. The first-order valence-corrected chi connectivity index (χ1v) is 10.5. The van der Waals surface area contributed by atoms with E-state index in [4.69, 9.17) is 0 Å². The van der Waals surface area contributed by atoms with Crippen LogP contribution in [-0.2, 0) is 0 Å². The Kier molecular flexibility index (Phi) is 14.3. The summed E-state index contributed by atoms with van der Waals surface area (Å²) in [7, 11) is 0. The molecule has 0 aromatic rings. The Balaban J connectivity index is 3.17. The van der Waals surface area contributed by atoms with E-state index in [2.05, 4.69) is 52.6 Å². The first kappa shape index (κ1) is 21.0. The van der Waals surface area contributed by atoms with E-state index in [-0.39, 0.29) is 4.32 Å². The van der Waals surface area contributed by atoms with Crippen molar-refractivity contribution >= 4 is 31.9 Å². The van der Waals surface area contributed by atoms with E-state index in [0.29, 0.717) is 4.83 Å². The Morgan fingerprint density at radius 3 is 1.45 bits per heavy atom. The molecule has 0 bridgehead atoms. The number of unbranched alkanes of at least 4 members (excludes halogenated alkanes) is 11.